The monoisotopic (exact) mass is 387 g/mol. The summed E-state index contributed by atoms with van der Waals surface area (Å²) in [6.45, 7) is 16.3. The molecule has 2 rings (SSSR count). The number of carbonyl (C=O) groups excluding carboxylic acids is 1. The quantitative estimate of drug-likeness (QED) is 0.741. The number of hydrogen-bond donors (Lipinski definition) is 2. The molecule has 1 aromatic carbocycles. The molecule has 0 aliphatic heterocycles. The van der Waals surface area contributed by atoms with Crippen molar-refractivity contribution >= 4 is 17.4 Å². The fourth-order valence-electron chi connectivity index (χ4n) is 2.32. The molecule has 0 aliphatic rings. The van der Waals surface area contributed by atoms with Crippen LogP contribution in [0, 0.1) is 0 Å². The summed E-state index contributed by atoms with van der Waals surface area (Å²) < 4.78 is 5.19. The number of thiazole rings is 1. The lowest BCUT2D eigenvalue weighted by Gasteiger charge is -2.20. The zero-order valence-corrected chi connectivity index (χ0v) is 17.8. The highest BCUT2D eigenvalue weighted by atomic mass is 32.1. The van der Waals surface area contributed by atoms with Crippen LogP contribution in [0.1, 0.15) is 52.1 Å². The minimum atomic E-state index is -0.545. The molecule has 2 N–H and O–H groups in total. The maximum Gasteiger partial charge on any atom is 0.413 e. The van der Waals surface area contributed by atoms with Crippen LogP contribution in [0.25, 0.3) is 11.3 Å². The first-order valence-corrected chi connectivity index (χ1v) is 9.80. The van der Waals surface area contributed by atoms with E-state index in [0.717, 1.165) is 16.3 Å². The summed E-state index contributed by atoms with van der Waals surface area (Å²) in [6.07, 6.45) is -0.529. The van der Waals surface area contributed by atoms with Crippen LogP contribution < -0.4 is 10.6 Å². The zero-order valence-electron chi connectivity index (χ0n) is 17.0. The van der Waals surface area contributed by atoms with E-state index in [0.29, 0.717) is 12.4 Å². The van der Waals surface area contributed by atoms with Crippen LogP contribution in [0.15, 0.2) is 42.0 Å². The molecule has 0 spiro atoms. The van der Waals surface area contributed by atoms with E-state index in [1.807, 2.05) is 26.2 Å². The smallest absolute Gasteiger partial charge is 0.413 e. The molecule has 0 radical (unpaired) electrons. The molecule has 1 amide bonds. The summed E-state index contributed by atoms with van der Waals surface area (Å²) in [6, 6.07) is 8.52. The topological polar surface area (TPSA) is 63.2 Å². The van der Waals surface area contributed by atoms with Crippen LogP contribution >= 0.6 is 11.3 Å². The van der Waals surface area contributed by atoms with Crippen LogP contribution in [0.5, 0.6) is 0 Å². The van der Waals surface area contributed by atoms with Crippen molar-refractivity contribution in [3.05, 3.63) is 52.6 Å². The number of carbonyl (C=O) groups is 1. The fraction of sp³-hybridized carbons (Fsp3) is 0.429. The number of nitrogens with one attached hydrogen (secondary N) is 2. The summed E-state index contributed by atoms with van der Waals surface area (Å²) in [5, 5.41) is 8.58. The van der Waals surface area contributed by atoms with Gasteiger partial charge in [-0.2, -0.15) is 0 Å². The molecule has 0 unspecified atom stereocenters. The van der Waals surface area contributed by atoms with E-state index in [-0.39, 0.29) is 5.41 Å². The second-order valence-corrected chi connectivity index (χ2v) is 9.36. The first-order valence-electron chi connectivity index (χ1n) is 8.92. The van der Waals surface area contributed by atoms with Crippen LogP contribution in [-0.4, -0.2) is 16.7 Å². The molecule has 146 valence electrons. The molecule has 0 bridgehead atoms. The highest BCUT2D eigenvalue weighted by Crippen LogP contribution is 2.27. The van der Waals surface area contributed by atoms with Gasteiger partial charge in [-0.1, -0.05) is 51.6 Å². The molecule has 0 saturated heterocycles. The van der Waals surface area contributed by atoms with Gasteiger partial charge < -0.3 is 10.1 Å². The SMILES string of the molecule is C=C(NCc1nc(-c2ccc(C(C)(C)C)cc2)cs1)NC(=O)OC(C)(C)C. The Balaban J connectivity index is 1.91. The van der Waals surface area contributed by atoms with Gasteiger partial charge >= 0.3 is 6.09 Å². The van der Waals surface area contributed by atoms with Gasteiger partial charge in [-0.25, -0.2) is 9.78 Å². The predicted molar refractivity (Wildman–Crippen MR) is 112 cm³/mol. The average molecular weight is 388 g/mol. The lowest BCUT2D eigenvalue weighted by molar-refractivity contribution is 0.0542. The third kappa shape index (κ3) is 6.71. The molecule has 0 aliphatic carbocycles. The molecular weight excluding hydrogens is 358 g/mol. The van der Waals surface area contributed by atoms with Gasteiger partial charge in [0.05, 0.1) is 12.2 Å². The molecule has 0 fully saturated rings. The highest BCUT2D eigenvalue weighted by Gasteiger charge is 2.17. The zero-order chi connectivity index (χ0) is 20.2. The Morgan fingerprint density at radius 1 is 1.15 bits per heavy atom. The standard InChI is InChI=1S/C21H29N3O2S/c1-14(23-19(25)26-21(5,6)7)22-12-18-24-17(13-27-18)15-8-10-16(11-9-15)20(2,3)4/h8-11,13,22H,1,12H2,2-7H3,(H,23,25). The second-order valence-electron chi connectivity index (χ2n) is 8.41. The molecule has 1 aromatic heterocycles. The van der Waals surface area contributed by atoms with Gasteiger partial charge in [-0.3, -0.25) is 5.32 Å². The van der Waals surface area contributed by atoms with Gasteiger partial charge in [0, 0.05) is 10.9 Å². The Morgan fingerprint density at radius 2 is 1.78 bits per heavy atom. The molecule has 27 heavy (non-hydrogen) atoms. The molecule has 6 heteroatoms. The van der Waals surface area contributed by atoms with Crippen molar-refractivity contribution < 1.29 is 9.53 Å². The Kier molecular flexibility index (Phi) is 6.31. The van der Waals surface area contributed by atoms with Gasteiger partial charge in [0.2, 0.25) is 0 Å². The van der Waals surface area contributed by atoms with Crippen molar-refractivity contribution in [3.63, 3.8) is 0 Å². The third-order valence-corrected chi connectivity index (χ3v) is 4.55. The number of alkyl carbamates (subject to hydrolysis) is 1. The first kappa shape index (κ1) is 21.0. The van der Waals surface area contributed by atoms with Gasteiger partial charge in [-0.15, -0.1) is 11.3 Å². The molecule has 0 saturated carbocycles. The number of hydrogen-bond acceptors (Lipinski definition) is 5. The Morgan fingerprint density at radius 3 is 2.33 bits per heavy atom. The lowest BCUT2D eigenvalue weighted by Crippen LogP contribution is -2.35. The largest absolute Gasteiger partial charge is 0.444 e. The maximum absolute atomic E-state index is 11.7. The fourth-order valence-corrected chi connectivity index (χ4v) is 3.06. The Hall–Kier alpha value is -2.34. The molecule has 1 heterocycles. The molecular formula is C21H29N3O2S. The number of benzene rings is 1. The van der Waals surface area contributed by atoms with Crippen molar-refractivity contribution in [2.75, 3.05) is 0 Å². The molecule has 0 atom stereocenters. The molecule has 2 aromatic rings. The highest BCUT2D eigenvalue weighted by molar-refractivity contribution is 7.09. The van der Waals surface area contributed by atoms with Crippen LogP contribution in [0.2, 0.25) is 0 Å². The van der Waals surface area contributed by atoms with Gasteiger partial charge in [0.25, 0.3) is 0 Å². The van der Waals surface area contributed by atoms with Crippen LogP contribution in [0.4, 0.5) is 4.79 Å². The average Bonchev–Trinajstić information content (AvgIpc) is 2.99. The van der Waals surface area contributed by atoms with Crippen LogP contribution in [-0.2, 0) is 16.7 Å². The Labute approximate surface area is 165 Å². The number of amides is 1. The lowest BCUT2D eigenvalue weighted by atomic mass is 9.86. The van der Waals surface area contributed by atoms with Gasteiger partial charge in [0.15, 0.2) is 0 Å². The molecule has 5 nitrogen and oxygen atoms in total. The summed E-state index contributed by atoms with van der Waals surface area (Å²) in [4.78, 5) is 16.4. The number of rotatable bonds is 5. The normalized spacial score (nSPS) is 11.8. The van der Waals surface area contributed by atoms with E-state index in [1.165, 1.54) is 5.56 Å². The second kappa shape index (κ2) is 8.13. The minimum Gasteiger partial charge on any atom is -0.444 e. The number of aromatic nitrogens is 1. The van der Waals surface area contributed by atoms with E-state index < -0.39 is 11.7 Å². The summed E-state index contributed by atoms with van der Waals surface area (Å²) in [5.41, 5.74) is 2.93. The van der Waals surface area contributed by atoms with Crippen molar-refractivity contribution in [1.29, 1.82) is 0 Å². The van der Waals surface area contributed by atoms with Crippen LogP contribution in [0.3, 0.4) is 0 Å². The van der Waals surface area contributed by atoms with E-state index in [4.69, 9.17) is 4.74 Å². The summed E-state index contributed by atoms with van der Waals surface area (Å²) >= 11 is 1.57. The first-order chi connectivity index (χ1) is 12.4. The predicted octanol–water partition coefficient (Wildman–Crippen LogP) is 5.19. The van der Waals surface area contributed by atoms with Gasteiger partial charge in [-0.05, 0) is 31.7 Å². The van der Waals surface area contributed by atoms with E-state index in [9.17, 15) is 4.79 Å². The third-order valence-electron chi connectivity index (χ3n) is 3.70. The van der Waals surface area contributed by atoms with E-state index in [1.54, 1.807) is 11.3 Å². The van der Waals surface area contributed by atoms with Crippen molar-refractivity contribution in [1.82, 2.24) is 15.6 Å². The van der Waals surface area contributed by atoms with Crippen molar-refractivity contribution in [2.45, 2.75) is 59.1 Å². The summed E-state index contributed by atoms with van der Waals surface area (Å²) in [5.74, 6) is 0.385. The summed E-state index contributed by atoms with van der Waals surface area (Å²) in [7, 11) is 0. The Bertz CT molecular complexity index is 796. The number of ether oxygens (including phenoxy) is 1. The minimum absolute atomic E-state index is 0.136. The number of nitrogens with zero attached hydrogens (tertiary/aromatic N) is 1. The van der Waals surface area contributed by atoms with Crippen molar-refractivity contribution in [3.8, 4) is 11.3 Å². The van der Waals surface area contributed by atoms with Gasteiger partial charge in [0.1, 0.15) is 16.4 Å². The van der Waals surface area contributed by atoms with E-state index >= 15 is 0 Å². The van der Waals surface area contributed by atoms with E-state index in [2.05, 4.69) is 67.2 Å². The van der Waals surface area contributed by atoms with Crippen molar-refractivity contribution in [2.24, 2.45) is 0 Å². The maximum atomic E-state index is 11.7.